The zero-order chi connectivity index (χ0) is 18.0. The lowest BCUT2D eigenvalue weighted by Crippen LogP contribution is -2.36. The maximum atomic E-state index is 11.8. The molecule has 23 heavy (non-hydrogen) atoms. The summed E-state index contributed by atoms with van der Waals surface area (Å²) in [5.41, 5.74) is 0. The lowest BCUT2D eigenvalue weighted by Gasteiger charge is -2.24. The molecule has 0 fully saturated rings. The van der Waals surface area contributed by atoms with Crippen molar-refractivity contribution in [2.75, 3.05) is 26.2 Å². The minimum absolute atomic E-state index is 0.249. The summed E-state index contributed by atoms with van der Waals surface area (Å²) in [6.07, 6.45) is 2.69. The molecule has 0 saturated heterocycles. The number of hydrogen-bond donors (Lipinski definition) is 0. The van der Waals surface area contributed by atoms with Gasteiger partial charge in [0, 0.05) is 26.2 Å². The van der Waals surface area contributed by atoms with E-state index >= 15 is 0 Å². The molecule has 0 rings (SSSR count). The fourth-order valence-electron chi connectivity index (χ4n) is 2.28. The molecule has 1 unspecified atom stereocenters. The van der Waals surface area contributed by atoms with Gasteiger partial charge in [0.25, 0.3) is 11.8 Å². The van der Waals surface area contributed by atoms with Crippen molar-refractivity contribution >= 4 is 58.2 Å². The summed E-state index contributed by atoms with van der Waals surface area (Å²) < 4.78 is 0. The molecule has 8 heteroatoms. The molecule has 136 valence electrons. The Morgan fingerprint density at radius 2 is 1.26 bits per heavy atom. The standard InChI is InChI=1S/C15H26Cl4N2O2/c1-4-20(14(22)12(16)17)9-6-7-11(3)8-10-21(5-2)15(23)13(18)19/h11-13H,4-10H2,1-3H3. The van der Waals surface area contributed by atoms with Crippen LogP contribution < -0.4 is 0 Å². The number of carbonyl (C=O) groups is 2. The Kier molecular flexibility index (Phi) is 12.5. The average Bonchev–Trinajstić information content (AvgIpc) is 2.51. The van der Waals surface area contributed by atoms with Crippen molar-refractivity contribution in [3.8, 4) is 0 Å². The number of halogens is 4. The summed E-state index contributed by atoms with van der Waals surface area (Å²) >= 11 is 22.5. The van der Waals surface area contributed by atoms with Crippen LogP contribution in [0.3, 0.4) is 0 Å². The topological polar surface area (TPSA) is 40.6 Å². The average molecular weight is 408 g/mol. The predicted molar refractivity (Wildman–Crippen MR) is 98.5 cm³/mol. The van der Waals surface area contributed by atoms with E-state index in [1.165, 1.54) is 0 Å². The second-order valence-corrected chi connectivity index (χ2v) is 7.67. The van der Waals surface area contributed by atoms with Gasteiger partial charge in [0.15, 0.2) is 9.67 Å². The molecule has 0 spiro atoms. The highest BCUT2D eigenvalue weighted by Gasteiger charge is 2.20. The van der Waals surface area contributed by atoms with Crippen LogP contribution in [0.5, 0.6) is 0 Å². The van der Waals surface area contributed by atoms with E-state index in [2.05, 4.69) is 6.92 Å². The van der Waals surface area contributed by atoms with Crippen LogP contribution in [-0.2, 0) is 9.59 Å². The van der Waals surface area contributed by atoms with Gasteiger partial charge in [0.1, 0.15) is 0 Å². The van der Waals surface area contributed by atoms with Crippen molar-refractivity contribution in [1.82, 2.24) is 9.80 Å². The van der Waals surface area contributed by atoms with Crippen LogP contribution >= 0.6 is 46.4 Å². The molecule has 0 aromatic heterocycles. The highest BCUT2D eigenvalue weighted by atomic mass is 35.5. The molecular formula is C15H26Cl4N2O2. The lowest BCUT2D eigenvalue weighted by molar-refractivity contribution is -0.130. The van der Waals surface area contributed by atoms with E-state index in [4.69, 9.17) is 46.4 Å². The zero-order valence-corrected chi connectivity index (χ0v) is 16.9. The van der Waals surface area contributed by atoms with E-state index in [1.807, 2.05) is 13.8 Å². The molecule has 4 nitrogen and oxygen atoms in total. The van der Waals surface area contributed by atoms with Crippen molar-refractivity contribution in [2.45, 2.75) is 49.7 Å². The van der Waals surface area contributed by atoms with Crippen molar-refractivity contribution in [3.05, 3.63) is 0 Å². The smallest absolute Gasteiger partial charge is 0.255 e. The molecule has 0 aromatic carbocycles. The fourth-order valence-corrected chi connectivity index (χ4v) is 2.83. The third-order valence-electron chi connectivity index (χ3n) is 3.78. The number of hydrogen-bond acceptors (Lipinski definition) is 2. The van der Waals surface area contributed by atoms with E-state index in [1.54, 1.807) is 9.80 Å². The maximum absolute atomic E-state index is 11.8. The van der Waals surface area contributed by atoms with Crippen molar-refractivity contribution in [1.29, 1.82) is 0 Å². The Morgan fingerprint density at radius 3 is 1.65 bits per heavy atom. The van der Waals surface area contributed by atoms with Crippen LogP contribution in [0.4, 0.5) is 0 Å². The third kappa shape index (κ3) is 9.23. The van der Waals surface area contributed by atoms with E-state index in [0.29, 0.717) is 32.1 Å². The number of nitrogens with zero attached hydrogens (tertiary/aromatic N) is 2. The third-order valence-corrected chi connectivity index (χ3v) is 4.52. The second kappa shape index (κ2) is 12.5. The first-order valence-electron chi connectivity index (χ1n) is 7.88. The first-order chi connectivity index (χ1) is 10.7. The van der Waals surface area contributed by atoms with Crippen LogP contribution in [0.25, 0.3) is 0 Å². The SMILES string of the molecule is CCN(CCCC(C)CCN(CC)C(=O)C(Cl)Cl)C(=O)C(Cl)Cl. The molecule has 2 amide bonds. The number of rotatable bonds is 11. The largest absolute Gasteiger partial charge is 0.341 e. The van der Waals surface area contributed by atoms with Crippen molar-refractivity contribution in [2.24, 2.45) is 5.92 Å². The van der Waals surface area contributed by atoms with Crippen LogP contribution in [0.1, 0.15) is 40.0 Å². The molecule has 0 N–H and O–H groups in total. The van der Waals surface area contributed by atoms with Crippen LogP contribution in [0.15, 0.2) is 0 Å². The van der Waals surface area contributed by atoms with Gasteiger partial charge in [-0.3, -0.25) is 9.59 Å². The second-order valence-electron chi connectivity index (χ2n) is 5.47. The van der Waals surface area contributed by atoms with Gasteiger partial charge in [-0.1, -0.05) is 53.3 Å². The number of alkyl halides is 4. The van der Waals surface area contributed by atoms with Gasteiger partial charge < -0.3 is 9.80 Å². The summed E-state index contributed by atoms with van der Waals surface area (Å²) in [6.45, 7) is 8.38. The first kappa shape index (κ1) is 23.1. The molecule has 0 radical (unpaired) electrons. The molecule has 0 bridgehead atoms. The Balaban J connectivity index is 4.13. The van der Waals surface area contributed by atoms with Crippen LogP contribution in [0, 0.1) is 5.92 Å². The van der Waals surface area contributed by atoms with Gasteiger partial charge in [0.05, 0.1) is 0 Å². The summed E-state index contributed by atoms with van der Waals surface area (Å²) in [6, 6.07) is 0. The molecule has 0 heterocycles. The van der Waals surface area contributed by atoms with Gasteiger partial charge in [0.2, 0.25) is 0 Å². The fraction of sp³-hybridized carbons (Fsp3) is 0.867. The molecule has 0 aliphatic rings. The normalized spacial score (nSPS) is 12.6. The summed E-state index contributed by atoms with van der Waals surface area (Å²) in [4.78, 5) is 24.8. The minimum Gasteiger partial charge on any atom is -0.341 e. The number of amides is 2. The molecule has 0 aliphatic heterocycles. The highest BCUT2D eigenvalue weighted by molar-refractivity contribution is 6.53. The summed E-state index contributed by atoms with van der Waals surface area (Å²) in [5.74, 6) is -0.0693. The van der Waals surface area contributed by atoms with Gasteiger partial charge >= 0.3 is 0 Å². The quantitative estimate of drug-likeness (QED) is 0.483. The maximum Gasteiger partial charge on any atom is 0.255 e. The van der Waals surface area contributed by atoms with E-state index < -0.39 is 9.67 Å². The van der Waals surface area contributed by atoms with E-state index in [9.17, 15) is 9.59 Å². The first-order valence-corrected chi connectivity index (χ1v) is 9.62. The molecule has 0 aliphatic carbocycles. The molecule has 0 saturated carbocycles. The Labute approximate surface area is 159 Å². The zero-order valence-electron chi connectivity index (χ0n) is 13.9. The molecule has 1 atom stereocenters. The Hall–Kier alpha value is 0.1000. The number of carbonyl (C=O) groups excluding carboxylic acids is 2. The van der Waals surface area contributed by atoms with E-state index in [-0.39, 0.29) is 11.8 Å². The minimum atomic E-state index is -1.01. The summed E-state index contributed by atoms with van der Waals surface area (Å²) in [5, 5.41) is 0. The predicted octanol–water partition coefficient (Wildman–Crippen LogP) is 4.10. The van der Waals surface area contributed by atoms with Gasteiger partial charge in [-0.05, 0) is 39.0 Å². The van der Waals surface area contributed by atoms with Gasteiger partial charge in [-0.25, -0.2) is 0 Å². The molecular weight excluding hydrogens is 382 g/mol. The molecule has 0 aromatic rings. The van der Waals surface area contributed by atoms with Crippen LogP contribution in [0.2, 0.25) is 0 Å². The van der Waals surface area contributed by atoms with Gasteiger partial charge in [-0.2, -0.15) is 0 Å². The summed E-state index contributed by atoms with van der Waals surface area (Å²) in [7, 11) is 0. The van der Waals surface area contributed by atoms with Gasteiger partial charge in [-0.15, -0.1) is 0 Å². The van der Waals surface area contributed by atoms with Crippen molar-refractivity contribution in [3.63, 3.8) is 0 Å². The monoisotopic (exact) mass is 406 g/mol. The lowest BCUT2D eigenvalue weighted by atomic mass is 10.0. The van der Waals surface area contributed by atoms with Crippen molar-refractivity contribution < 1.29 is 9.59 Å². The van der Waals surface area contributed by atoms with E-state index in [0.717, 1.165) is 19.3 Å². The Bertz CT molecular complexity index is 367. The Morgan fingerprint density at radius 1 is 0.826 bits per heavy atom. The highest BCUT2D eigenvalue weighted by Crippen LogP contribution is 2.15. The van der Waals surface area contributed by atoms with Crippen LogP contribution in [-0.4, -0.2) is 57.5 Å².